The minimum atomic E-state index is -0.541. The van der Waals surface area contributed by atoms with E-state index in [4.69, 9.17) is 0 Å². The van der Waals surface area contributed by atoms with Crippen LogP contribution in [0.15, 0.2) is 18.2 Å². The molecule has 0 heterocycles. The molecule has 0 saturated carbocycles. The summed E-state index contributed by atoms with van der Waals surface area (Å²) in [5.41, 5.74) is 2.76. The molecule has 1 N–H and O–H groups in total. The van der Waals surface area contributed by atoms with Gasteiger partial charge < -0.3 is 10.2 Å². The Labute approximate surface area is 110 Å². The first-order chi connectivity index (χ1) is 8.29. The number of hydrogen-bond acceptors (Lipinski definition) is 2. The SMILES string of the molecule is CCNC(C)(C)C(=O)N(C)c1ccc(C)cc1C. The molecule has 0 spiro atoms. The van der Waals surface area contributed by atoms with Gasteiger partial charge in [-0.1, -0.05) is 24.6 Å². The first kappa shape index (κ1) is 14.7. The summed E-state index contributed by atoms with van der Waals surface area (Å²) in [5, 5.41) is 3.21. The van der Waals surface area contributed by atoms with E-state index in [0.29, 0.717) is 0 Å². The number of carbonyl (C=O) groups is 1. The average molecular weight is 248 g/mol. The van der Waals surface area contributed by atoms with E-state index in [9.17, 15) is 4.79 Å². The number of rotatable bonds is 4. The fourth-order valence-corrected chi connectivity index (χ4v) is 2.23. The molecule has 0 fully saturated rings. The van der Waals surface area contributed by atoms with Gasteiger partial charge >= 0.3 is 0 Å². The second-order valence-electron chi connectivity index (χ2n) is 5.31. The number of benzene rings is 1. The number of nitrogens with one attached hydrogen (secondary N) is 1. The third-order valence-electron chi connectivity index (χ3n) is 3.17. The Hall–Kier alpha value is -1.35. The lowest BCUT2D eigenvalue weighted by molar-refractivity contribution is -0.123. The molecular formula is C15H24N2O. The highest BCUT2D eigenvalue weighted by Crippen LogP contribution is 2.22. The van der Waals surface area contributed by atoms with Crippen LogP contribution < -0.4 is 10.2 Å². The summed E-state index contributed by atoms with van der Waals surface area (Å²) in [5.74, 6) is 0.0799. The van der Waals surface area contributed by atoms with Crippen LogP contribution in [0, 0.1) is 13.8 Å². The average Bonchev–Trinajstić information content (AvgIpc) is 2.27. The molecule has 1 amide bonds. The Morgan fingerprint density at radius 3 is 2.44 bits per heavy atom. The van der Waals surface area contributed by atoms with E-state index < -0.39 is 5.54 Å². The highest BCUT2D eigenvalue weighted by atomic mass is 16.2. The summed E-state index contributed by atoms with van der Waals surface area (Å²) >= 11 is 0. The van der Waals surface area contributed by atoms with Gasteiger partial charge in [0.25, 0.3) is 0 Å². The zero-order chi connectivity index (χ0) is 13.9. The van der Waals surface area contributed by atoms with Gasteiger partial charge in [-0.05, 0) is 45.9 Å². The first-order valence-electron chi connectivity index (χ1n) is 6.40. The molecule has 0 bridgehead atoms. The van der Waals surface area contributed by atoms with Crippen molar-refractivity contribution in [3.05, 3.63) is 29.3 Å². The van der Waals surface area contributed by atoms with Crippen LogP contribution in [0.5, 0.6) is 0 Å². The van der Waals surface area contributed by atoms with E-state index in [0.717, 1.165) is 17.8 Å². The van der Waals surface area contributed by atoms with E-state index in [2.05, 4.69) is 18.3 Å². The quantitative estimate of drug-likeness (QED) is 0.888. The number of carbonyl (C=O) groups excluding carboxylic acids is 1. The van der Waals surface area contributed by atoms with Crippen molar-refractivity contribution in [1.29, 1.82) is 0 Å². The normalized spacial score (nSPS) is 11.4. The van der Waals surface area contributed by atoms with E-state index in [1.807, 2.05) is 46.9 Å². The zero-order valence-electron chi connectivity index (χ0n) is 12.3. The molecule has 1 rings (SSSR count). The third kappa shape index (κ3) is 3.10. The molecule has 0 aromatic heterocycles. The van der Waals surface area contributed by atoms with Gasteiger partial charge in [0.1, 0.15) is 0 Å². The highest BCUT2D eigenvalue weighted by molar-refractivity contribution is 5.99. The van der Waals surface area contributed by atoms with Crippen LogP contribution >= 0.6 is 0 Å². The molecule has 0 aliphatic heterocycles. The number of amides is 1. The maximum absolute atomic E-state index is 12.5. The molecule has 0 atom stereocenters. The van der Waals surface area contributed by atoms with E-state index in [1.165, 1.54) is 5.56 Å². The maximum Gasteiger partial charge on any atom is 0.246 e. The van der Waals surface area contributed by atoms with Crippen molar-refractivity contribution in [3.63, 3.8) is 0 Å². The molecule has 1 aromatic rings. The molecule has 0 saturated heterocycles. The van der Waals surface area contributed by atoms with Gasteiger partial charge in [0.2, 0.25) is 5.91 Å². The Balaban J connectivity index is 3.00. The summed E-state index contributed by atoms with van der Waals surface area (Å²) in [6.45, 7) is 10.7. The molecule has 3 nitrogen and oxygen atoms in total. The van der Waals surface area contributed by atoms with Crippen LogP contribution in [0.2, 0.25) is 0 Å². The standard InChI is InChI=1S/C15H24N2O/c1-7-16-15(4,5)14(18)17(6)13-9-8-11(2)10-12(13)3/h8-10,16H,7H2,1-6H3. The smallest absolute Gasteiger partial charge is 0.246 e. The lowest BCUT2D eigenvalue weighted by Crippen LogP contribution is -2.53. The number of hydrogen-bond donors (Lipinski definition) is 1. The van der Waals surface area contributed by atoms with E-state index >= 15 is 0 Å². The van der Waals surface area contributed by atoms with Crippen LogP contribution in [0.1, 0.15) is 31.9 Å². The van der Waals surface area contributed by atoms with Gasteiger partial charge in [-0.3, -0.25) is 4.79 Å². The van der Waals surface area contributed by atoms with E-state index in [-0.39, 0.29) is 5.91 Å². The van der Waals surface area contributed by atoms with Crippen molar-refractivity contribution in [3.8, 4) is 0 Å². The van der Waals surface area contributed by atoms with Crippen molar-refractivity contribution >= 4 is 11.6 Å². The molecule has 0 radical (unpaired) electrons. The summed E-state index contributed by atoms with van der Waals surface area (Å²) < 4.78 is 0. The van der Waals surface area contributed by atoms with Crippen molar-refractivity contribution < 1.29 is 4.79 Å². The molecule has 100 valence electrons. The monoisotopic (exact) mass is 248 g/mol. The van der Waals surface area contributed by atoms with Crippen LogP contribution in [-0.2, 0) is 4.79 Å². The maximum atomic E-state index is 12.5. The largest absolute Gasteiger partial charge is 0.314 e. The van der Waals surface area contributed by atoms with Crippen LogP contribution in [0.3, 0.4) is 0 Å². The van der Waals surface area contributed by atoms with Crippen molar-refractivity contribution in [1.82, 2.24) is 5.32 Å². The number of aryl methyl sites for hydroxylation is 2. The first-order valence-corrected chi connectivity index (χ1v) is 6.40. The number of anilines is 1. The number of nitrogens with zero attached hydrogens (tertiary/aromatic N) is 1. The van der Waals surface area contributed by atoms with Crippen LogP contribution in [-0.4, -0.2) is 25.0 Å². The molecule has 0 aliphatic rings. The second kappa shape index (κ2) is 5.53. The van der Waals surface area contributed by atoms with E-state index in [1.54, 1.807) is 4.90 Å². The lowest BCUT2D eigenvalue weighted by atomic mass is 10.0. The molecule has 1 aromatic carbocycles. The Kier molecular flexibility index (Phi) is 4.52. The van der Waals surface area contributed by atoms with Gasteiger partial charge in [0.15, 0.2) is 0 Å². The lowest BCUT2D eigenvalue weighted by Gasteiger charge is -2.31. The van der Waals surface area contributed by atoms with Gasteiger partial charge in [-0.15, -0.1) is 0 Å². The molecular weight excluding hydrogens is 224 g/mol. The molecule has 18 heavy (non-hydrogen) atoms. The topological polar surface area (TPSA) is 32.3 Å². The summed E-state index contributed by atoms with van der Waals surface area (Å²) in [6.07, 6.45) is 0. The van der Waals surface area contributed by atoms with Crippen molar-refractivity contribution in [2.45, 2.75) is 40.2 Å². The van der Waals surface area contributed by atoms with Crippen molar-refractivity contribution in [2.24, 2.45) is 0 Å². The predicted molar refractivity (Wildman–Crippen MR) is 77.1 cm³/mol. The zero-order valence-corrected chi connectivity index (χ0v) is 12.3. The van der Waals surface area contributed by atoms with Gasteiger partial charge in [-0.25, -0.2) is 0 Å². The second-order valence-corrected chi connectivity index (χ2v) is 5.31. The van der Waals surface area contributed by atoms with Gasteiger partial charge in [-0.2, -0.15) is 0 Å². The summed E-state index contributed by atoms with van der Waals surface area (Å²) in [6, 6.07) is 6.14. The minimum Gasteiger partial charge on any atom is -0.314 e. The molecule has 0 unspecified atom stereocenters. The fourth-order valence-electron chi connectivity index (χ4n) is 2.23. The molecule has 0 aliphatic carbocycles. The van der Waals surface area contributed by atoms with Gasteiger partial charge in [0.05, 0.1) is 5.54 Å². The van der Waals surface area contributed by atoms with Gasteiger partial charge in [0, 0.05) is 12.7 Å². The predicted octanol–water partition coefficient (Wildman–Crippen LogP) is 2.65. The third-order valence-corrected chi connectivity index (χ3v) is 3.17. The van der Waals surface area contributed by atoms with Crippen LogP contribution in [0.25, 0.3) is 0 Å². The summed E-state index contributed by atoms with van der Waals surface area (Å²) in [7, 11) is 1.83. The Bertz CT molecular complexity index is 438. The van der Waals surface area contributed by atoms with Crippen LogP contribution in [0.4, 0.5) is 5.69 Å². The fraction of sp³-hybridized carbons (Fsp3) is 0.533. The molecule has 3 heteroatoms. The Morgan fingerprint density at radius 2 is 1.94 bits per heavy atom. The summed E-state index contributed by atoms with van der Waals surface area (Å²) in [4.78, 5) is 14.2. The number of likely N-dealkylation sites (N-methyl/N-ethyl adjacent to an activating group) is 2. The Morgan fingerprint density at radius 1 is 1.33 bits per heavy atom. The minimum absolute atomic E-state index is 0.0799. The van der Waals surface area contributed by atoms with Crippen molar-refractivity contribution in [2.75, 3.05) is 18.5 Å². The highest BCUT2D eigenvalue weighted by Gasteiger charge is 2.30.